The molecule has 1 unspecified atom stereocenters. The number of benzene rings is 1. The van der Waals surface area contributed by atoms with Gasteiger partial charge in [0, 0.05) is 30.7 Å². The Morgan fingerprint density at radius 1 is 1.11 bits per heavy atom. The molecule has 3 rings (SSSR count). The van der Waals surface area contributed by atoms with Gasteiger partial charge in [-0.1, -0.05) is 19.4 Å². The fourth-order valence-corrected chi connectivity index (χ4v) is 3.29. The normalized spacial score (nSPS) is 11.9. The van der Waals surface area contributed by atoms with Crippen LogP contribution in [0.25, 0.3) is 0 Å². The van der Waals surface area contributed by atoms with Gasteiger partial charge in [-0.25, -0.2) is 14.8 Å². The van der Waals surface area contributed by atoms with Crippen LogP contribution in [0.15, 0.2) is 48.8 Å². The number of aromatic nitrogens is 3. The fourth-order valence-electron chi connectivity index (χ4n) is 3.29. The molecule has 2 aromatic heterocycles. The van der Waals surface area contributed by atoms with Crippen molar-refractivity contribution < 1.29 is 32.2 Å². The Labute approximate surface area is 211 Å². The van der Waals surface area contributed by atoms with Gasteiger partial charge in [0.25, 0.3) is 5.91 Å². The van der Waals surface area contributed by atoms with Crippen LogP contribution in [0.2, 0.25) is 0 Å². The zero-order chi connectivity index (χ0) is 27.0. The van der Waals surface area contributed by atoms with E-state index in [1.165, 1.54) is 19.2 Å². The molecule has 198 valence electrons. The van der Waals surface area contributed by atoms with Crippen molar-refractivity contribution in [1.82, 2.24) is 19.9 Å². The van der Waals surface area contributed by atoms with Crippen LogP contribution in [0.3, 0.4) is 0 Å². The summed E-state index contributed by atoms with van der Waals surface area (Å²) in [7, 11) is 1.51. The maximum atomic E-state index is 13.0. The SMILES string of the molecule is CCCCn1cc(NC(=O)Nc2ccc(OC(F)(F)F)cc2)nc1C(=O)NC(C)c1ccc(OC)nc1. The summed E-state index contributed by atoms with van der Waals surface area (Å²) < 4.78 is 47.4. The molecule has 3 aromatic rings. The van der Waals surface area contributed by atoms with Crippen LogP contribution in [-0.2, 0) is 6.54 Å². The standard InChI is InChI=1S/C24H27F3N6O4/c1-4-5-12-33-14-19(32-23(35)30-17-7-9-18(10-8-17)37-24(25,26)27)31-21(33)22(34)29-15(2)16-6-11-20(36-3)28-13-16/h6-11,13-15H,4-5,12H2,1-3H3,(H,29,34)(H2,30,32,35). The molecule has 10 nitrogen and oxygen atoms in total. The first kappa shape index (κ1) is 27.3. The first-order valence-electron chi connectivity index (χ1n) is 11.4. The summed E-state index contributed by atoms with van der Waals surface area (Å²) in [6.45, 7) is 4.32. The Morgan fingerprint density at radius 2 is 1.84 bits per heavy atom. The molecule has 2 heterocycles. The number of urea groups is 1. The molecule has 0 aliphatic heterocycles. The second-order valence-electron chi connectivity index (χ2n) is 7.98. The van der Waals surface area contributed by atoms with Crippen LogP contribution in [0.1, 0.15) is 48.9 Å². The van der Waals surface area contributed by atoms with Crippen molar-refractivity contribution in [2.75, 3.05) is 17.7 Å². The second kappa shape index (κ2) is 12.1. The Bertz CT molecular complexity index is 1200. The third-order valence-electron chi connectivity index (χ3n) is 5.14. The van der Waals surface area contributed by atoms with E-state index in [9.17, 15) is 22.8 Å². The lowest BCUT2D eigenvalue weighted by molar-refractivity contribution is -0.274. The molecule has 3 N–H and O–H groups in total. The monoisotopic (exact) mass is 520 g/mol. The van der Waals surface area contributed by atoms with Gasteiger partial charge in [0.1, 0.15) is 5.75 Å². The van der Waals surface area contributed by atoms with Crippen LogP contribution in [-0.4, -0.2) is 39.9 Å². The van der Waals surface area contributed by atoms with E-state index in [4.69, 9.17) is 4.74 Å². The van der Waals surface area contributed by atoms with Gasteiger partial charge < -0.3 is 24.7 Å². The van der Waals surface area contributed by atoms with Crippen molar-refractivity contribution in [3.63, 3.8) is 0 Å². The Hall–Kier alpha value is -4.29. The predicted octanol–water partition coefficient (Wildman–Crippen LogP) is 5.12. The maximum Gasteiger partial charge on any atom is 0.573 e. The highest BCUT2D eigenvalue weighted by molar-refractivity contribution is 6.00. The molecule has 0 saturated heterocycles. The van der Waals surface area contributed by atoms with Gasteiger partial charge in [0.05, 0.1) is 13.2 Å². The number of anilines is 2. The van der Waals surface area contributed by atoms with Crippen molar-refractivity contribution in [1.29, 1.82) is 0 Å². The summed E-state index contributed by atoms with van der Waals surface area (Å²) in [6, 6.07) is 7.09. The number of ether oxygens (including phenoxy) is 2. The first-order valence-corrected chi connectivity index (χ1v) is 11.4. The van der Waals surface area contributed by atoms with E-state index >= 15 is 0 Å². The van der Waals surface area contributed by atoms with Crippen LogP contribution in [0.5, 0.6) is 11.6 Å². The molecule has 0 spiro atoms. The number of nitrogens with zero attached hydrogens (tertiary/aromatic N) is 3. The maximum absolute atomic E-state index is 13.0. The zero-order valence-corrected chi connectivity index (χ0v) is 20.4. The minimum Gasteiger partial charge on any atom is -0.481 e. The molecule has 37 heavy (non-hydrogen) atoms. The summed E-state index contributed by atoms with van der Waals surface area (Å²) in [4.78, 5) is 33.8. The van der Waals surface area contributed by atoms with Gasteiger partial charge >= 0.3 is 12.4 Å². The summed E-state index contributed by atoms with van der Waals surface area (Å²) in [6.07, 6.45) is 0.00372. The quantitative estimate of drug-likeness (QED) is 0.341. The van der Waals surface area contributed by atoms with Crippen LogP contribution >= 0.6 is 0 Å². The van der Waals surface area contributed by atoms with Crippen LogP contribution < -0.4 is 25.4 Å². The van der Waals surface area contributed by atoms with E-state index in [0.29, 0.717) is 12.4 Å². The molecule has 0 fully saturated rings. The van der Waals surface area contributed by atoms with Gasteiger partial charge in [-0.2, -0.15) is 0 Å². The Morgan fingerprint density at radius 3 is 2.43 bits per heavy atom. The largest absolute Gasteiger partial charge is 0.573 e. The summed E-state index contributed by atoms with van der Waals surface area (Å²) in [5.41, 5.74) is 1.00. The lowest BCUT2D eigenvalue weighted by Crippen LogP contribution is -2.29. The van der Waals surface area contributed by atoms with Gasteiger partial charge in [-0.05, 0) is 43.2 Å². The van der Waals surface area contributed by atoms with Gasteiger partial charge in [0.2, 0.25) is 11.7 Å². The van der Waals surface area contributed by atoms with Gasteiger partial charge in [-0.15, -0.1) is 13.2 Å². The van der Waals surface area contributed by atoms with Gasteiger partial charge in [0.15, 0.2) is 5.82 Å². The number of imidazole rings is 1. The second-order valence-corrected chi connectivity index (χ2v) is 7.98. The minimum absolute atomic E-state index is 0.116. The number of nitrogens with one attached hydrogen (secondary N) is 3. The number of rotatable bonds is 10. The number of hydrogen-bond acceptors (Lipinski definition) is 6. The molecular formula is C24H27F3N6O4. The number of alkyl halides is 3. The van der Waals surface area contributed by atoms with Crippen molar-refractivity contribution >= 4 is 23.4 Å². The molecule has 0 aliphatic carbocycles. The van der Waals surface area contributed by atoms with Crippen LogP contribution in [0.4, 0.5) is 29.5 Å². The van der Waals surface area contributed by atoms with Crippen molar-refractivity contribution in [2.45, 2.75) is 45.6 Å². The molecule has 1 aromatic carbocycles. The Kier molecular flexibility index (Phi) is 8.93. The number of methoxy groups -OCH3 is 1. The Balaban J connectivity index is 1.67. The number of carbonyl (C=O) groups excluding carboxylic acids is 2. The minimum atomic E-state index is -4.81. The average Bonchev–Trinajstić information content (AvgIpc) is 3.25. The van der Waals surface area contributed by atoms with E-state index < -0.39 is 24.1 Å². The van der Waals surface area contributed by atoms with E-state index in [2.05, 4.69) is 30.7 Å². The highest BCUT2D eigenvalue weighted by Gasteiger charge is 2.31. The lowest BCUT2D eigenvalue weighted by Gasteiger charge is -2.14. The van der Waals surface area contributed by atoms with E-state index in [1.807, 2.05) is 6.92 Å². The third kappa shape index (κ3) is 8.12. The molecule has 3 amide bonds. The number of hydrogen-bond donors (Lipinski definition) is 3. The summed E-state index contributed by atoms with van der Waals surface area (Å²) in [5, 5.41) is 7.90. The molecule has 1 atom stereocenters. The highest BCUT2D eigenvalue weighted by Crippen LogP contribution is 2.24. The molecule has 13 heteroatoms. The molecule has 0 aliphatic rings. The molecule has 0 saturated carbocycles. The average molecular weight is 521 g/mol. The predicted molar refractivity (Wildman–Crippen MR) is 130 cm³/mol. The van der Waals surface area contributed by atoms with E-state index in [1.54, 1.807) is 36.0 Å². The summed E-state index contributed by atoms with van der Waals surface area (Å²) in [5.74, 6) is -0.145. The molecular weight excluding hydrogens is 493 g/mol. The number of halogens is 3. The van der Waals surface area contributed by atoms with E-state index in [-0.39, 0.29) is 23.4 Å². The lowest BCUT2D eigenvalue weighted by atomic mass is 10.1. The smallest absolute Gasteiger partial charge is 0.481 e. The highest BCUT2D eigenvalue weighted by atomic mass is 19.4. The van der Waals surface area contributed by atoms with Crippen molar-refractivity contribution in [3.05, 3.63) is 60.2 Å². The molecule has 0 radical (unpaired) electrons. The van der Waals surface area contributed by atoms with Crippen molar-refractivity contribution in [2.24, 2.45) is 0 Å². The summed E-state index contributed by atoms with van der Waals surface area (Å²) >= 11 is 0. The molecule has 0 bridgehead atoms. The number of aryl methyl sites for hydroxylation is 1. The first-order chi connectivity index (χ1) is 17.6. The fraction of sp³-hybridized carbons (Fsp3) is 0.333. The number of carbonyl (C=O) groups is 2. The number of pyridine rings is 1. The zero-order valence-electron chi connectivity index (χ0n) is 20.4. The van der Waals surface area contributed by atoms with Gasteiger partial charge in [-0.3, -0.25) is 10.1 Å². The topological polar surface area (TPSA) is 119 Å². The number of unbranched alkanes of at least 4 members (excludes halogenated alkanes) is 1. The number of amides is 3. The van der Waals surface area contributed by atoms with Crippen LogP contribution in [0, 0.1) is 0 Å². The third-order valence-corrected chi connectivity index (χ3v) is 5.14. The van der Waals surface area contributed by atoms with Crippen molar-refractivity contribution in [3.8, 4) is 11.6 Å². The van der Waals surface area contributed by atoms with E-state index in [0.717, 1.165) is 30.5 Å².